The normalized spacial score (nSPS) is 23.4. The van der Waals surface area contributed by atoms with Crippen molar-refractivity contribution in [2.24, 2.45) is 11.3 Å². The number of benzene rings is 1. The third-order valence-electron chi connectivity index (χ3n) is 4.09. The summed E-state index contributed by atoms with van der Waals surface area (Å²) in [4.78, 5) is 0. The van der Waals surface area contributed by atoms with Crippen molar-refractivity contribution in [2.75, 3.05) is 0 Å². The second-order valence-electron chi connectivity index (χ2n) is 6.06. The summed E-state index contributed by atoms with van der Waals surface area (Å²) in [6, 6.07) is 11.4. The highest BCUT2D eigenvalue weighted by atomic mass is 14.9. The lowest BCUT2D eigenvalue weighted by Crippen LogP contribution is -2.32. The minimum absolute atomic E-state index is 0.573. The first-order valence-electron chi connectivity index (χ1n) is 6.91. The van der Waals surface area contributed by atoms with Crippen molar-refractivity contribution in [3.63, 3.8) is 0 Å². The van der Waals surface area contributed by atoms with Crippen LogP contribution in [0.5, 0.6) is 0 Å². The van der Waals surface area contributed by atoms with Crippen LogP contribution in [0.3, 0.4) is 0 Å². The number of hydrogen-bond donors (Lipinski definition) is 1. The van der Waals surface area contributed by atoms with Gasteiger partial charge in [-0.05, 0) is 29.7 Å². The maximum Gasteiger partial charge on any atom is 0.0208 e. The molecule has 0 aliphatic heterocycles. The molecule has 1 aliphatic carbocycles. The number of hydrogen-bond acceptors (Lipinski definition) is 1. The van der Waals surface area contributed by atoms with Crippen LogP contribution in [-0.2, 0) is 6.54 Å². The SMILES string of the molecule is CCCC(NCc1ccccc1)C1CC1(C)C. The molecule has 0 radical (unpaired) electrons. The van der Waals surface area contributed by atoms with Crippen molar-refractivity contribution in [3.8, 4) is 0 Å². The summed E-state index contributed by atoms with van der Waals surface area (Å²) in [6.07, 6.45) is 3.97. The van der Waals surface area contributed by atoms with Crippen molar-refractivity contribution in [3.05, 3.63) is 35.9 Å². The van der Waals surface area contributed by atoms with Crippen LogP contribution in [0.4, 0.5) is 0 Å². The molecule has 1 fully saturated rings. The van der Waals surface area contributed by atoms with E-state index in [1.54, 1.807) is 0 Å². The van der Waals surface area contributed by atoms with Crippen LogP contribution in [0, 0.1) is 11.3 Å². The summed E-state index contributed by atoms with van der Waals surface area (Å²) >= 11 is 0. The van der Waals surface area contributed by atoms with E-state index in [0.717, 1.165) is 12.5 Å². The van der Waals surface area contributed by atoms with Gasteiger partial charge < -0.3 is 5.32 Å². The van der Waals surface area contributed by atoms with E-state index in [4.69, 9.17) is 0 Å². The molecular weight excluding hydrogens is 206 g/mol. The van der Waals surface area contributed by atoms with Gasteiger partial charge in [0, 0.05) is 12.6 Å². The number of rotatable bonds is 6. The van der Waals surface area contributed by atoms with Crippen LogP contribution in [0.2, 0.25) is 0 Å². The van der Waals surface area contributed by atoms with E-state index >= 15 is 0 Å². The minimum Gasteiger partial charge on any atom is -0.310 e. The summed E-state index contributed by atoms with van der Waals surface area (Å²) in [7, 11) is 0. The topological polar surface area (TPSA) is 12.0 Å². The summed E-state index contributed by atoms with van der Waals surface area (Å²) in [5, 5.41) is 3.75. The average Bonchev–Trinajstić information content (AvgIpc) is 2.95. The Hall–Kier alpha value is -0.820. The van der Waals surface area contributed by atoms with E-state index in [1.807, 2.05) is 0 Å². The molecule has 1 aliphatic rings. The Labute approximate surface area is 106 Å². The molecule has 1 saturated carbocycles. The standard InChI is InChI=1S/C16H25N/c1-4-8-15(14-11-16(14,2)3)17-12-13-9-6-5-7-10-13/h5-7,9-10,14-15,17H,4,8,11-12H2,1-3H3. The Morgan fingerprint density at radius 1 is 1.29 bits per heavy atom. The van der Waals surface area contributed by atoms with Crippen LogP contribution in [-0.4, -0.2) is 6.04 Å². The zero-order valence-electron chi connectivity index (χ0n) is 11.4. The van der Waals surface area contributed by atoms with E-state index in [2.05, 4.69) is 56.4 Å². The number of nitrogens with one attached hydrogen (secondary N) is 1. The largest absolute Gasteiger partial charge is 0.310 e. The Kier molecular flexibility index (Phi) is 3.88. The first kappa shape index (κ1) is 12.6. The van der Waals surface area contributed by atoms with Gasteiger partial charge in [0.2, 0.25) is 0 Å². The van der Waals surface area contributed by atoms with Crippen molar-refractivity contribution in [2.45, 2.75) is 52.6 Å². The monoisotopic (exact) mass is 231 g/mol. The van der Waals surface area contributed by atoms with E-state index in [9.17, 15) is 0 Å². The van der Waals surface area contributed by atoms with Crippen molar-refractivity contribution < 1.29 is 0 Å². The Balaban J connectivity index is 1.86. The van der Waals surface area contributed by atoms with Gasteiger partial charge in [-0.2, -0.15) is 0 Å². The molecule has 0 saturated heterocycles. The maximum atomic E-state index is 3.75. The lowest BCUT2D eigenvalue weighted by molar-refractivity contribution is 0.380. The summed E-state index contributed by atoms with van der Waals surface area (Å²) < 4.78 is 0. The van der Waals surface area contributed by atoms with E-state index in [-0.39, 0.29) is 0 Å². The van der Waals surface area contributed by atoms with Crippen LogP contribution in [0.1, 0.15) is 45.6 Å². The minimum atomic E-state index is 0.573. The molecule has 2 rings (SSSR count). The van der Waals surface area contributed by atoms with Crippen molar-refractivity contribution >= 4 is 0 Å². The van der Waals surface area contributed by atoms with E-state index < -0.39 is 0 Å². The molecule has 1 aromatic carbocycles. The Morgan fingerprint density at radius 2 is 1.94 bits per heavy atom. The molecule has 0 spiro atoms. The first-order chi connectivity index (χ1) is 8.13. The molecule has 1 N–H and O–H groups in total. The first-order valence-corrected chi connectivity index (χ1v) is 6.91. The molecule has 2 atom stereocenters. The molecular formula is C16H25N. The zero-order chi connectivity index (χ0) is 12.3. The zero-order valence-corrected chi connectivity index (χ0v) is 11.4. The molecule has 1 heteroatoms. The third kappa shape index (κ3) is 3.32. The highest BCUT2D eigenvalue weighted by molar-refractivity contribution is 5.14. The molecule has 0 amide bonds. The van der Waals surface area contributed by atoms with Gasteiger partial charge >= 0.3 is 0 Å². The van der Waals surface area contributed by atoms with Gasteiger partial charge in [-0.3, -0.25) is 0 Å². The molecule has 0 bridgehead atoms. The fourth-order valence-electron chi connectivity index (χ4n) is 2.80. The predicted molar refractivity (Wildman–Crippen MR) is 73.9 cm³/mol. The Morgan fingerprint density at radius 3 is 2.47 bits per heavy atom. The average molecular weight is 231 g/mol. The van der Waals surface area contributed by atoms with Crippen molar-refractivity contribution in [1.29, 1.82) is 0 Å². The van der Waals surface area contributed by atoms with Crippen LogP contribution in [0.15, 0.2) is 30.3 Å². The molecule has 0 heterocycles. The lowest BCUT2D eigenvalue weighted by atomic mass is 10.00. The quantitative estimate of drug-likeness (QED) is 0.780. The molecule has 94 valence electrons. The second-order valence-corrected chi connectivity index (χ2v) is 6.06. The smallest absolute Gasteiger partial charge is 0.0208 e. The summed E-state index contributed by atoms with van der Waals surface area (Å²) in [5.41, 5.74) is 1.97. The van der Waals surface area contributed by atoms with Gasteiger partial charge in [-0.1, -0.05) is 57.5 Å². The molecule has 0 aromatic heterocycles. The van der Waals surface area contributed by atoms with E-state index in [1.165, 1.54) is 24.8 Å². The van der Waals surface area contributed by atoms with Gasteiger partial charge in [-0.15, -0.1) is 0 Å². The predicted octanol–water partition coefficient (Wildman–Crippen LogP) is 3.99. The lowest BCUT2D eigenvalue weighted by Gasteiger charge is -2.20. The highest BCUT2D eigenvalue weighted by Crippen LogP contribution is 2.54. The molecule has 1 aromatic rings. The van der Waals surface area contributed by atoms with E-state index in [0.29, 0.717) is 11.5 Å². The van der Waals surface area contributed by atoms with Gasteiger partial charge in [0.1, 0.15) is 0 Å². The highest BCUT2D eigenvalue weighted by Gasteiger charge is 2.49. The molecule has 17 heavy (non-hydrogen) atoms. The maximum absolute atomic E-state index is 3.75. The fraction of sp³-hybridized carbons (Fsp3) is 0.625. The van der Waals surface area contributed by atoms with Crippen LogP contribution in [0.25, 0.3) is 0 Å². The molecule has 1 nitrogen and oxygen atoms in total. The van der Waals surface area contributed by atoms with Crippen LogP contribution < -0.4 is 5.32 Å². The van der Waals surface area contributed by atoms with Gasteiger partial charge in [-0.25, -0.2) is 0 Å². The summed E-state index contributed by atoms with van der Waals surface area (Å²) in [5.74, 6) is 0.881. The van der Waals surface area contributed by atoms with Gasteiger partial charge in [0.15, 0.2) is 0 Å². The second kappa shape index (κ2) is 5.22. The van der Waals surface area contributed by atoms with Crippen LogP contribution >= 0.6 is 0 Å². The fourth-order valence-corrected chi connectivity index (χ4v) is 2.80. The molecule has 2 unspecified atom stereocenters. The Bertz CT molecular complexity index is 342. The third-order valence-corrected chi connectivity index (χ3v) is 4.09. The van der Waals surface area contributed by atoms with Crippen molar-refractivity contribution in [1.82, 2.24) is 5.32 Å². The van der Waals surface area contributed by atoms with Gasteiger partial charge in [0.05, 0.1) is 0 Å². The summed E-state index contributed by atoms with van der Waals surface area (Å²) in [6.45, 7) is 8.08. The van der Waals surface area contributed by atoms with Gasteiger partial charge in [0.25, 0.3) is 0 Å².